The highest BCUT2D eigenvalue weighted by Crippen LogP contribution is 2.45. The zero-order valence-electron chi connectivity index (χ0n) is 10.0. The molecule has 0 aromatic carbocycles. The summed E-state index contributed by atoms with van der Waals surface area (Å²) in [6.45, 7) is 3.94. The maximum absolute atomic E-state index is 12.1. The predicted octanol–water partition coefficient (Wildman–Crippen LogP) is 2.27. The number of hydrogen-bond donors (Lipinski definition) is 1. The van der Waals surface area contributed by atoms with Crippen LogP contribution in [0.4, 0.5) is 5.69 Å². The average Bonchev–Trinajstić information content (AvgIpc) is 2.27. The fourth-order valence-corrected chi connectivity index (χ4v) is 2.31. The number of aryl methyl sites for hydroxylation is 1. The molecule has 1 amide bonds. The van der Waals surface area contributed by atoms with E-state index in [0.717, 1.165) is 11.3 Å². The van der Waals surface area contributed by atoms with Crippen LogP contribution in [-0.4, -0.2) is 10.9 Å². The van der Waals surface area contributed by atoms with Crippen molar-refractivity contribution >= 4 is 11.6 Å². The molecule has 17 heavy (non-hydrogen) atoms. The van der Waals surface area contributed by atoms with Crippen molar-refractivity contribution in [3.8, 4) is 6.07 Å². The summed E-state index contributed by atoms with van der Waals surface area (Å²) in [5, 5.41) is 12.0. The first-order chi connectivity index (χ1) is 8.07. The largest absolute Gasteiger partial charge is 0.324 e. The van der Waals surface area contributed by atoms with E-state index < -0.39 is 5.41 Å². The van der Waals surface area contributed by atoms with Crippen molar-refractivity contribution in [3.63, 3.8) is 0 Å². The van der Waals surface area contributed by atoms with Gasteiger partial charge in [0.05, 0.1) is 6.07 Å². The number of hydrogen-bond acceptors (Lipinski definition) is 3. The first-order valence-electron chi connectivity index (χ1n) is 5.71. The second-order valence-corrected chi connectivity index (χ2v) is 4.85. The van der Waals surface area contributed by atoms with E-state index >= 15 is 0 Å². The van der Waals surface area contributed by atoms with Gasteiger partial charge in [-0.2, -0.15) is 5.26 Å². The van der Waals surface area contributed by atoms with Crippen LogP contribution in [0, 0.1) is 29.6 Å². The molecule has 4 heteroatoms. The summed E-state index contributed by atoms with van der Waals surface area (Å²) < 4.78 is 0. The maximum Gasteiger partial charge on any atom is 0.244 e. The number of nitriles is 1. The van der Waals surface area contributed by atoms with E-state index in [1.165, 1.54) is 0 Å². The summed E-state index contributed by atoms with van der Waals surface area (Å²) in [4.78, 5) is 16.1. The zero-order valence-corrected chi connectivity index (χ0v) is 10.0. The number of carbonyl (C=O) groups is 1. The topological polar surface area (TPSA) is 65.8 Å². The third-order valence-corrected chi connectivity index (χ3v) is 3.31. The molecule has 4 nitrogen and oxygen atoms in total. The lowest BCUT2D eigenvalue weighted by atomic mass is 9.63. The molecule has 1 N–H and O–H groups in total. The third kappa shape index (κ3) is 2.01. The Morgan fingerprint density at radius 2 is 2.35 bits per heavy atom. The van der Waals surface area contributed by atoms with Crippen LogP contribution in [0.2, 0.25) is 0 Å². The number of aromatic nitrogens is 1. The van der Waals surface area contributed by atoms with Crippen LogP contribution >= 0.6 is 0 Å². The Bertz CT molecular complexity index is 484. The molecule has 0 spiro atoms. The van der Waals surface area contributed by atoms with Crippen molar-refractivity contribution in [2.24, 2.45) is 11.3 Å². The number of nitrogens with zero attached hydrogens (tertiary/aromatic N) is 2. The molecule has 0 bridgehead atoms. The molecule has 1 aliphatic carbocycles. The Morgan fingerprint density at radius 3 is 2.88 bits per heavy atom. The molecule has 0 atom stereocenters. The molecule has 0 unspecified atom stereocenters. The lowest BCUT2D eigenvalue weighted by Gasteiger charge is -2.39. The number of rotatable bonds is 2. The summed E-state index contributed by atoms with van der Waals surface area (Å²) in [6, 6.07) is 3.91. The van der Waals surface area contributed by atoms with Crippen LogP contribution < -0.4 is 5.32 Å². The van der Waals surface area contributed by atoms with Gasteiger partial charge in [-0.3, -0.25) is 9.78 Å². The number of nitrogens with one attached hydrogen (secondary N) is 1. The molecule has 1 saturated carbocycles. The van der Waals surface area contributed by atoms with Crippen molar-refractivity contribution in [2.45, 2.75) is 26.7 Å². The van der Waals surface area contributed by atoms with Crippen molar-refractivity contribution in [1.82, 2.24) is 4.98 Å². The normalized spacial score (nSPS) is 26.8. The Balaban J connectivity index is 2.13. The van der Waals surface area contributed by atoms with E-state index in [4.69, 9.17) is 5.26 Å². The standard InChI is InChI=1S/C13H15N3O/c1-9-5-13(6-9,8-14)12(17)16-11-3-4-15-7-10(11)2/h3-4,7,9H,5-6H2,1-2H3,(H,15,16,17). The van der Waals surface area contributed by atoms with Crippen LogP contribution in [0.3, 0.4) is 0 Å². The van der Waals surface area contributed by atoms with Gasteiger partial charge < -0.3 is 5.32 Å². The van der Waals surface area contributed by atoms with Gasteiger partial charge in [0.25, 0.3) is 0 Å². The highest BCUT2D eigenvalue weighted by Gasteiger charge is 2.48. The molecule has 1 fully saturated rings. The molecule has 0 radical (unpaired) electrons. The number of carbonyl (C=O) groups excluding carboxylic acids is 1. The minimum Gasteiger partial charge on any atom is -0.324 e. The van der Waals surface area contributed by atoms with Crippen molar-refractivity contribution in [2.75, 3.05) is 5.32 Å². The van der Waals surface area contributed by atoms with Crippen molar-refractivity contribution in [3.05, 3.63) is 24.0 Å². The van der Waals surface area contributed by atoms with Gasteiger partial charge in [0.1, 0.15) is 5.41 Å². The summed E-state index contributed by atoms with van der Waals surface area (Å²) in [5.74, 6) is 0.270. The predicted molar refractivity (Wildman–Crippen MR) is 64.0 cm³/mol. The molecule has 1 heterocycles. The molecular weight excluding hydrogens is 214 g/mol. The zero-order chi connectivity index (χ0) is 12.5. The molecular formula is C13H15N3O. The van der Waals surface area contributed by atoms with Gasteiger partial charge >= 0.3 is 0 Å². The highest BCUT2D eigenvalue weighted by molar-refractivity contribution is 5.98. The highest BCUT2D eigenvalue weighted by atomic mass is 16.2. The van der Waals surface area contributed by atoms with Gasteiger partial charge in [0.15, 0.2) is 0 Å². The Kier molecular flexibility index (Phi) is 2.84. The van der Waals surface area contributed by atoms with Crippen LogP contribution in [0.5, 0.6) is 0 Å². The Labute approximate surface area is 101 Å². The number of amides is 1. The van der Waals surface area contributed by atoms with E-state index in [0.29, 0.717) is 18.8 Å². The molecule has 1 aliphatic rings. The van der Waals surface area contributed by atoms with Crippen molar-refractivity contribution < 1.29 is 4.79 Å². The minimum atomic E-state index is -0.824. The maximum atomic E-state index is 12.1. The van der Waals surface area contributed by atoms with Gasteiger partial charge in [-0.1, -0.05) is 6.92 Å². The fraction of sp³-hybridized carbons (Fsp3) is 0.462. The van der Waals surface area contributed by atoms with E-state index in [1.54, 1.807) is 18.5 Å². The van der Waals surface area contributed by atoms with Crippen LogP contribution in [0.1, 0.15) is 25.3 Å². The van der Waals surface area contributed by atoms with Gasteiger partial charge in [-0.25, -0.2) is 0 Å². The van der Waals surface area contributed by atoms with Crippen LogP contribution in [0.25, 0.3) is 0 Å². The summed E-state index contributed by atoms with van der Waals surface area (Å²) in [7, 11) is 0. The summed E-state index contributed by atoms with van der Waals surface area (Å²) in [5.41, 5.74) is 0.815. The average molecular weight is 229 g/mol. The molecule has 0 saturated heterocycles. The minimum absolute atomic E-state index is 0.188. The molecule has 1 aromatic rings. The lowest BCUT2D eigenvalue weighted by molar-refractivity contribution is -0.128. The SMILES string of the molecule is Cc1cnccc1NC(=O)C1(C#N)CC(C)C1. The molecule has 0 aliphatic heterocycles. The summed E-state index contributed by atoms with van der Waals surface area (Å²) >= 11 is 0. The van der Waals surface area contributed by atoms with E-state index in [-0.39, 0.29) is 5.91 Å². The fourth-order valence-electron chi connectivity index (χ4n) is 2.31. The second-order valence-electron chi connectivity index (χ2n) is 4.85. The van der Waals surface area contributed by atoms with Gasteiger partial charge in [-0.15, -0.1) is 0 Å². The third-order valence-electron chi connectivity index (χ3n) is 3.31. The van der Waals surface area contributed by atoms with Crippen LogP contribution in [-0.2, 0) is 4.79 Å². The first-order valence-corrected chi connectivity index (χ1v) is 5.71. The van der Waals surface area contributed by atoms with Gasteiger partial charge in [0.2, 0.25) is 5.91 Å². The van der Waals surface area contributed by atoms with Gasteiger partial charge in [-0.05, 0) is 37.3 Å². The first kappa shape index (κ1) is 11.6. The van der Waals surface area contributed by atoms with Crippen molar-refractivity contribution in [1.29, 1.82) is 5.26 Å². The number of anilines is 1. The lowest BCUT2D eigenvalue weighted by Crippen LogP contribution is -2.45. The van der Waals surface area contributed by atoms with Gasteiger partial charge in [0, 0.05) is 18.1 Å². The number of pyridine rings is 1. The monoisotopic (exact) mass is 229 g/mol. The molecule has 1 aromatic heterocycles. The Hall–Kier alpha value is -1.89. The van der Waals surface area contributed by atoms with E-state index in [9.17, 15) is 4.79 Å². The van der Waals surface area contributed by atoms with Crippen LogP contribution in [0.15, 0.2) is 18.5 Å². The van der Waals surface area contributed by atoms with E-state index in [1.807, 2.05) is 6.92 Å². The van der Waals surface area contributed by atoms with E-state index in [2.05, 4.69) is 23.3 Å². The Morgan fingerprint density at radius 1 is 1.65 bits per heavy atom. The molecule has 88 valence electrons. The summed E-state index contributed by atoms with van der Waals surface area (Å²) in [6.07, 6.45) is 4.63. The smallest absolute Gasteiger partial charge is 0.244 e. The quantitative estimate of drug-likeness (QED) is 0.846. The second kappa shape index (κ2) is 4.17. The molecule has 2 rings (SSSR count).